The highest BCUT2D eigenvalue weighted by atomic mass is 32.2. The van der Waals surface area contributed by atoms with Gasteiger partial charge in [-0.3, -0.25) is 4.18 Å². The Morgan fingerprint density at radius 1 is 0.800 bits per heavy atom. The summed E-state index contributed by atoms with van der Waals surface area (Å²) < 4.78 is 26.3. The third-order valence-corrected chi connectivity index (χ3v) is 4.33. The van der Waals surface area contributed by atoms with Crippen LogP contribution < -0.4 is 0 Å². The predicted molar refractivity (Wildman–Crippen MR) is 86.4 cm³/mol. The van der Waals surface area contributed by atoms with Crippen molar-refractivity contribution in [2.24, 2.45) is 5.92 Å². The SMILES string of the molecule is CCCCC(CCCC)CCCCCCOS(C)(=O)=O. The van der Waals surface area contributed by atoms with Crippen LogP contribution in [-0.4, -0.2) is 21.3 Å². The van der Waals surface area contributed by atoms with Crippen molar-refractivity contribution in [3.63, 3.8) is 0 Å². The van der Waals surface area contributed by atoms with E-state index in [1.807, 2.05) is 0 Å². The zero-order valence-electron chi connectivity index (χ0n) is 13.7. The molecule has 0 aliphatic carbocycles. The topological polar surface area (TPSA) is 43.4 Å². The molecule has 0 unspecified atom stereocenters. The van der Waals surface area contributed by atoms with Crippen molar-refractivity contribution in [1.82, 2.24) is 0 Å². The van der Waals surface area contributed by atoms with Gasteiger partial charge in [-0.05, 0) is 12.3 Å². The van der Waals surface area contributed by atoms with Gasteiger partial charge in [0, 0.05) is 0 Å². The molecule has 20 heavy (non-hydrogen) atoms. The van der Waals surface area contributed by atoms with Gasteiger partial charge in [-0.15, -0.1) is 0 Å². The first-order valence-corrected chi connectivity index (χ1v) is 10.2. The van der Waals surface area contributed by atoms with E-state index < -0.39 is 10.1 Å². The third-order valence-electron chi connectivity index (χ3n) is 3.74. The fourth-order valence-electron chi connectivity index (χ4n) is 2.52. The summed E-state index contributed by atoms with van der Waals surface area (Å²) in [6.45, 7) is 4.87. The van der Waals surface area contributed by atoms with Crippen molar-refractivity contribution in [3.8, 4) is 0 Å². The van der Waals surface area contributed by atoms with Gasteiger partial charge in [0.05, 0.1) is 12.9 Å². The van der Waals surface area contributed by atoms with Crippen LogP contribution in [0.3, 0.4) is 0 Å². The molecule has 0 N–H and O–H groups in total. The van der Waals surface area contributed by atoms with Crippen LogP contribution in [0.15, 0.2) is 0 Å². The van der Waals surface area contributed by atoms with Crippen molar-refractivity contribution in [2.75, 3.05) is 12.9 Å². The lowest BCUT2D eigenvalue weighted by atomic mass is 9.91. The van der Waals surface area contributed by atoms with Gasteiger partial charge < -0.3 is 0 Å². The van der Waals surface area contributed by atoms with Crippen molar-refractivity contribution in [1.29, 1.82) is 0 Å². The summed E-state index contributed by atoms with van der Waals surface area (Å²) in [4.78, 5) is 0. The standard InChI is InChI=1S/C16H34O3S/c1-4-6-12-16(13-7-5-2)14-10-8-9-11-15-19-20(3,17)18/h16H,4-15H2,1-3H3. The highest BCUT2D eigenvalue weighted by Crippen LogP contribution is 2.22. The molecule has 0 fully saturated rings. The van der Waals surface area contributed by atoms with Crippen LogP contribution >= 0.6 is 0 Å². The van der Waals surface area contributed by atoms with Crippen LogP contribution in [0.25, 0.3) is 0 Å². The van der Waals surface area contributed by atoms with Gasteiger partial charge in [0.15, 0.2) is 0 Å². The summed E-state index contributed by atoms with van der Waals surface area (Å²) in [6, 6.07) is 0. The van der Waals surface area contributed by atoms with Crippen LogP contribution in [0.2, 0.25) is 0 Å². The number of rotatable bonds is 14. The summed E-state index contributed by atoms with van der Waals surface area (Å²) in [6.07, 6.45) is 14.9. The Kier molecular flexibility index (Phi) is 12.6. The highest BCUT2D eigenvalue weighted by molar-refractivity contribution is 7.85. The average Bonchev–Trinajstić information content (AvgIpc) is 2.38. The molecule has 0 aromatic rings. The van der Waals surface area contributed by atoms with Crippen molar-refractivity contribution in [2.45, 2.75) is 84.5 Å². The predicted octanol–water partition coefficient (Wildman–Crippen LogP) is 4.91. The second kappa shape index (κ2) is 12.6. The first kappa shape index (κ1) is 19.9. The van der Waals surface area contributed by atoms with E-state index >= 15 is 0 Å². The molecule has 0 aromatic carbocycles. The molecule has 0 rings (SSSR count). The molecule has 0 amide bonds. The average molecular weight is 307 g/mol. The minimum Gasteiger partial charge on any atom is -0.270 e. The van der Waals surface area contributed by atoms with E-state index in [0.717, 1.165) is 25.0 Å². The smallest absolute Gasteiger partial charge is 0.264 e. The van der Waals surface area contributed by atoms with Crippen LogP contribution in [0.4, 0.5) is 0 Å². The molecular weight excluding hydrogens is 272 g/mol. The molecule has 0 aliphatic rings. The van der Waals surface area contributed by atoms with E-state index in [9.17, 15) is 8.42 Å². The lowest BCUT2D eigenvalue weighted by Gasteiger charge is -2.16. The number of unbranched alkanes of at least 4 members (excludes halogenated alkanes) is 5. The molecule has 0 atom stereocenters. The molecule has 0 heterocycles. The Morgan fingerprint density at radius 3 is 1.80 bits per heavy atom. The molecule has 4 heteroatoms. The van der Waals surface area contributed by atoms with Gasteiger partial charge >= 0.3 is 0 Å². The Bertz CT molecular complexity index is 291. The fraction of sp³-hybridized carbons (Fsp3) is 1.00. The lowest BCUT2D eigenvalue weighted by Crippen LogP contribution is -2.04. The molecule has 0 radical (unpaired) electrons. The molecule has 0 bridgehead atoms. The fourth-order valence-corrected chi connectivity index (χ4v) is 2.94. The Balaban J connectivity index is 3.56. The molecule has 0 spiro atoms. The molecule has 0 saturated carbocycles. The quantitative estimate of drug-likeness (QED) is 0.338. The van der Waals surface area contributed by atoms with E-state index in [4.69, 9.17) is 4.18 Å². The molecule has 3 nitrogen and oxygen atoms in total. The van der Waals surface area contributed by atoms with Crippen molar-refractivity contribution < 1.29 is 12.6 Å². The molecule has 0 saturated heterocycles. The van der Waals surface area contributed by atoms with Gasteiger partial charge in [0.2, 0.25) is 0 Å². The van der Waals surface area contributed by atoms with E-state index in [1.165, 1.54) is 57.8 Å². The van der Waals surface area contributed by atoms with Gasteiger partial charge in [-0.1, -0.05) is 78.1 Å². The van der Waals surface area contributed by atoms with Gasteiger partial charge in [0.25, 0.3) is 10.1 Å². The largest absolute Gasteiger partial charge is 0.270 e. The minimum atomic E-state index is -3.25. The van der Waals surface area contributed by atoms with Gasteiger partial charge in [0.1, 0.15) is 0 Å². The second-order valence-corrected chi connectivity index (χ2v) is 7.52. The van der Waals surface area contributed by atoms with E-state index in [1.54, 1.807) is 0 Å². The van der Waals surface area contributed by atoms with Crippen LogP contribution in [-0.2, 0) is 14.3 Å². The maximum Gasteiger partial charge on any atom is 0.264 e. The van der Waals surface area contributed by atoms with Crippen LogP contribution in [0.5, 0.6) is 0 Å². The van der Waals surface area contributed by atoms with E-state index in [0.29, 0.717) is 6.61 Å². The molecule has 0 aromatic heterocycles. The maximum atomic E-state index is 10.8. The second-order valence-electron chi connectivity index (χ2n) is 5.88. The Morgan fingerprint density at radius 2 is 1.30 bits per heavy atom. The zero-order chi connectivity index (χ0) is 15.3. The Labute approximate surface area is 126 Å². The first-order chi connectivity index (χ1) is 9.49. The highest BCUT2D eigenvalue weighted by Gasteiger charge is 2.07. The number of hydrogen-bond acceptors (Lipinski definition) is 3. The molecule has 0 aliphatic heterocycles. The first-order valence-electron chi connectivity index (χ1n) is 8.34. The van der Waals surface area contributed by atoms with E-state index in [2.05, 4.69) is 13.8 Å². The third kappa shape index (κ3) is 14.3. The monoisotopic (exact) mass is 306 g/mol. The summed E-state index contributed by atoms with van der Waals surface area (Å²) in [5.41, 5.74) is 0. The lowest BCUT2D eigenvalue weighted by molar-refractivity contribution is 0.307. The summed E-state index contributed by atoms with van der Waals surface area (Å²) >= 11 is 0. The van der Waals surface area contributed by atoms with Gasteiger partial charge in [-0.2, -0.15) is 8.42 Å². The molecule has 122 valence electrons. The summed E-state index contributed by atoms with van der Waals surface area (Å²) in [5, 5.41) is 0. The van der Waals surface area contributed by atoms with Crippen LogP contribution in [0, 0.1) is 5.92 Å². The normalized spacial score (nSPS) is 12.2. The Hall–Kier alpha value is -0.0900. The van der Waals surface area contributed by atoms with E-state index in [-0.39, 0.29) is 0 Å². The van der Waals surface area contributed by atoms with Crippen molar-refractivity contribution >= 4 is 10.1 Å². The summed E-state index contributed by atoms with van der Waals surface area (Å²) in [5.74, 6) is 0.905. The van der Waals surface area contributed by atoms with Crippen molar-refractivity contribution in [3.05, 3.63) is 0 Å². The number of hydrogen-bond donors (Lipinski definition) is 0. The summed E-state index contributed by atoms with van der Waals surface area (Å²) in [7, 11) is -3.25. The zero-order valence-corrected chi connectivity index (χ0v) is 14.5. The van der Waals surface area contributed by atoms with Gasteiger partial charge in [-0.25, -0.2) is 0 Å². The molecular formula is C16H34O3S. The van der Waals surface area contributed by atoms with Crippen LogP contribution in [0.1, 0.15) is 84.5 Å². The maximum absolute atomic E-state index is 10.8. The minimum absolute atomic E-state index is 0.341.